The number of hydrogen-bond acceptors (Lipinski definition) is 2. The molecule has 0 aromatic heterocycles. The number of nitrogens with zero attached hydrogens (tertiary/aromatic N) is 1. The molecule has 1 aromatic rings. The summed E-state index contributed by atoms with van der Waals surface area (Å²) in [6.07, 6.45) is 0.538. The molecule has 0 aliphatic rings. The highest BCUT2D eigenvalue weighted by Gasteiger charge is 2.08. The standard InChI is InChI=1S/C16H24N2O3/c1-12(2)14-8-6-13(7-9-14)11-17-16(21)18(3)10-4-5-15(19)20/h6-9,12H,4-5,10-11H2,1-3H3,(H,17,21)(H,19,20). The molecular formula is C16H24N2O3. The highest BCUT2D eigenvalue weighted by molar-refractivity contribution is 5.74. The van der Waals surface area contributed by atoms with E-state index in [1.807, 2.05) is 12.1 Å². The van der Waals surface area contributed by atoms with Gasteiger partial charge in [-0.1, -0.05) is 38.1 Å². The van der Waals surface area contributed by atoms with E-state index in [0.717, 1.165) is 5.56 Å². The van der Waals surface area contributed by atoms with E-state index in [1.54, 1.807) is 7.05 Å². The summed E-state index contributed by atoms with van der Waals surface area (Å²) in [7, 11) is 1.67. The van der Waals surface area contributed by atoms with Crippen LogP contribution >= 0.6 is 0 Å². The second-order valence-corrected chi connectivity index (χ2v) is 5.47. The van der Waals surface area contributed by atoms with Crippen LogP contribution in [0.3, 0.4) is 0 Å². The predicted molar refractivity (Wildman–Crippen MR) is 82.3 cm³/mol. The molecule has 0 heterocycles. The van der Waals surface area contributed by atoms with E-state index in [4.69, 9.17) is 5.11 Å². The zero-order chi connectivity index (χ0) is 15.8. The Bertz CT molecular complexity index is 469. The first-order chi connectivity index (χ1) is 9.90. The van der Waals surface area contributed by atoms with Crippen LogP contribution in [0.4, 0.5) is 4.79 Å². The maximum atomic E-state index is 11.8. The number of hydrogen-bond donors (Lipinski definition) is 2. The van der Waals surface area contributed by atoms with Crippen molar-refractivity contribution in [2.24, 2.45) is 0 Å². The van der Waals surface area contributed by atoms with Gasteiger partial charge in [-0.05, 0) is 23.5 Å². The first-order valence-electron chi connectivity index (χ1n) is 7.19. The summed E-state index contributed by atoms with van der Waals surface area (Å²) in [6.45, 7) is 5.19. The van der Waals surface area contributed by atoms with Crippen molar-refractivity contribution in [2.75, 3.05) is 13.6 Å². The number of aliphatic carboxylic acids is 1. The van der Waals surface area contributed by atoms with Crippen molar-refractivity contribution in [3.8, 4) is 0 Å². The SMILES string of the molecule is CC(C)c1ccc(CNC(=O)N(C)CCCC(=O)O)cc1. The summed E-state index contributed by atoms with van der Waals surface area (Å²) in [6, 6.07) is 7.99. The van der Waals surface area contributed by atoms with Gasteiger partial charge in [-0.15, -0.1) is 0 Å². The van der Waals surface area contributed by atoms with E-state index in [2.05, 4.69) is 31.3 Å². The molecule has 0 aliphatic carbocycles. The fourth-order valence-electron chi connectivity index (χ4n) is 1.90. The van der Waals surface area contributed by atoms with Crippen molar-refractivity contribution >= 4 is 12.0 Å². The van der Waals surface area contributed by atoms with Crippen molar-refractivity contribution < 1.29 is 14.7 Å². The van der Waals surface area contributed by atoms with Gasteiger partial charge in [0.1, 0.15) is 0 Å². The van der Waals surface area contributed by atoms with Crippen LogP contribution in [0.1, 0.15) is 43.7 Å². The Kier molecular flexibility index (Phi) is 6.72. The van der Waals surface area contributed by atoms with Gasteiger partial charge in [0.2, 0.25) is 0 Å². The summed E-state index contributed by atoms with van der Waals surface area (Å²) in [5.74, 6) is -0.344. The second kappa shape index (κ2) is 8.29. The van der Waals surface area contributed by atoms with Crippen LogP contribution in [0.2, 0.25) is 0 Å². The number of rotatable bonds is 7. The van der Waals surface area contributed by atoms with Crippen LogP contribution < -0.4 is 5.32 Å². The van der Waals surface area contributed by atoms with E-state index in [0.29, 0.717) is 25.4 Å². The Morgan fingerprint density at radius 3 is 2.38 bits per heavy atom. The summed E-state index contributed by atoms with van der Waals surface area (Å²) in [5.41, 5.74) is 2.32. The number of carbonyl (C=O) groups excluding carboxylic acids is 1. The molecule has 0 fully saturated rings. The fraction of sp³-hybridized carbons (Fsp3) is 0.500. The number of benzene rings is 1. The highest BCUT2D eigenvalue weighted by Crippen LogP contribution is 2.14. The fourth-order valence-corrected chi connectivity index (χ4v) is 1.90. The molecular weight excluding hydrogens is 268 g/mol. The van der Waals surface area contributed by atoms with Crippen LogP contribution in [0.15, 0.2) is 24.3 Å². The molecule has 0 saturated heterocycles. The molecule has 2 N–H and O–H groups in total. The van der Waals surface area contributed by atoms with Gasteiger partial charge in [0, 0.05) is 26.6 Å². The molecule has 2 amide bonds. The molecule has 1 rings (SSSR count). The third-order valence-corrected chi connectivity index (χ3v) is 3.32. The van der Waals surface area contributed by atoms with Gasteiger partial charge in [0.05, 0.1) is 0 Å². The molecule has 1 aromatic carbocycles. The lowest BCUT2D eigenvalue weighted by molar-refractivity contribution is -0.137. The van der Waals surface area contributed by atoms with Crippen molar-refractivity contribution in [1.82, 2.24) is 10.2 Å². The van der Waals surface area contributed by atoms with E-state index < -0.39 is 5.97 Å². The summed E-state index contributed by atoms with van der Waals surface area (Å²) in [5, 5.41) is 11.4. The van der Waals surface area contributed by atoms with Crippen LogP contribution in [0.5, 0.6) is 0 Å². The van der Waals surface area contributed by atoms with Crippen LogP contribution in [0.25, 0.3) is 0 Å². The van der Waals surface area contributed by atoms with Crippen LogP contribution in [-0.2, 0) is 11.3 Å². The topological polar surface area (TPSA) is 69.6 Å². The molecule has 0 radical (unpaired) electrons. The van der Waals surface area contributed by atoms with Crippen molar-refractivity contribution in [3.05, 3.63) is 35.4 Å². The molecule has 5 heteroatoms. The van der Waals surface area contributed by atoms with E-state index in [1.165, 1.54) is 10.5 Å². The number of urea groups is 1. The van der Waals surface area contributed by atoms with Crippen LogP contribution in [0, 0.1) is 0 Å². The predicted octanol–water partition coefficient (Wildman–Crippen LogP) is 2.82. The quantitative estimate of drug-likeness (QED) is 0.812. The smallest absolute Gasteiger partial charge is 0.317 e. The number of carboxylic acids is 1. The summed E-state index contributed by atoms with van der Waals surface area (Å²) in [4.78, 5) is 23.8. The van der Waals surface area contributed by atoms with E-state index in [9.17, 15) is 9.59 Å². The van der Waals surface area contributed by atoms with Gasteiger partial charge < -0.3 is 15.3 Å². The van der Waals surface area contributed by atoms with Gasteiger partial charge in [-0.25, -0.2) is 4.79 Å². The number of nitrogens with one attached hydrogen (secondary N) is 1. The average molecular weight is 292 g/mol. The normalized spacial score (nSPS) is 10.5. The van der Waals surface area contributed by atoms with Gasteiger partial charge in [0.15, 0.2) is 0 Å². The second-order valence-electron chi connectivity index (χ2n) is 5.47. The molecule has 0 bridgehead atoms. The zero-order valence-corrected chi connectivity index (χ0v) is 12.9. The lowest BCUT2D eigenvalue weighted by Crippen LogP contribution is -2.37. The Balaban J connectivity index is 2.36. The van der Waals surface area contributed by atoms with Crippen molar-refractivity contribution in [1.29, 1.82) is 0 Å². The Morgan fingerprint density at radius 2 is 1.86 bits per heavy atom. The Hall–Kier alpha value is -2.04. The van der Waals surface area contributed by atoms with E-state index >= 15 is 0 Å². The third-order valence-electron chi connectivity index (χ3n) is 3.32. The van der Waals surface area contributed by atoms with Gasteiger partial charge >= 0.3 is 12.0 Å². The molecule has 0 saturated carbocycles. The number of amides is 2. The van der Waals surface area contributed by atoms with Gasteiger partial charge in [-0.2, -0.15) is 0 Å². The largest absolute Gasteiger partial charge is 0.481 e. The zero-order valence-electron chi connectivity index (χ0n) is 12.9. The monoisotopic (exact) mass is 292 g/mol. The Labute approximate surface area is 126 Å². The van der Waals surface area contributed by atoms with Crippen LogP contribution in [-0.4, -0.2) is 35.6 Å². The minimum atomic E-state index is -0.839. The molecule has 21 heavy (non-hydrogen) atoms. The summed E-state index contributed by atoms with van der Waals surface area (Å²) >= 11 is 0. The number of carboxylic acid groups (broad SMARTS) is 1. The Morgan fingerprint density at radius 1 is 1.24 bits per heavy atom. The first kappa shape index (κ1) is 17.0. The number of carbonyl (C=O) groups is 2. The summed E-state index contributed by atoms with van der Waals surface area (Å²) < 4.78 is 0. The lowest BCUT2D eigenvalue weighted by atomic mass is 10.0. The minimum Gasteiger partial charge on any atom is -0.481 e. The van der Waals surface area contributed by atoms with Crippen molar-refractivity contribution in [2.45, 2.75) is 39.2 Å². The highest BCUT2D eigenvalue weighted by atomic mass is 16.4. The average Bonchev–Trinajstić information content (AvgIpc) is 2.44. The van der Waals surface area contributed by atoms with Crippen molar-refractivity contribution in [3.63, 3.8) is 0 Å². The molecule has 0 unspecified atom stereocenters. The first-order valence-corrected chi connectivity index (χ1v) is 7.19. The molecule has 0 spiro atoms. The molecule has 0 aliphatic heterocycles. The maximum absolute atomic E-state index is 11.8. The minimum absolute atomic E-state index is 0.0777. The molecule has 0 atom stereocenters. The lowest BCUT2D eigenvalue weighted by Gasteiger charge is -2.17. The molecule has 5 nitrogen and oxygen atoms in total. The third kappa shape index (κ3) is 6.29. The van der Waals surface area contributed by atoms with Gasteiger partial charge in [-0.3, -0.25) is 4.79 Å². The molecule has 116 valence electrons. The van der Waals surface area contributed by atoms with Gasteiger partial charge in [0.25, 0.3) is 0 Å². The van der Waals surface area contributed by atoms with E-state index in [-0.39, 0.29) is 12.5 Å². The maximum Gasteiger partial charge on any atom is 0.317 e.